The number of carbonyl (C=O) groups excluding carboxylic acids is 1. The zero-order chi connectivity index (χ0) is 9.68. The molecule has 1 aromatic carbocycles. The Labute approximate surface area is 75.1 Å². The molecule has 1 aromatic rings. The Hall–Kier alpha value is -1.58. The first kappa shape index (κ1) is 9.51. The number of hydrogen-bond donors (Lipinski definition) is 0. The van der Waals surface area contributed by atoms with Crippen molar-refractivity contribution >= 4 is 6.16 Å². The van der Waals surface area contributed by atoms with Gasteiger partial charge >= 0.3 is 6.16 Å². The molecule has 0 fully saturated rings. The monoisotopic (exact) mass is 184 g/mol. The van der Waals surface area contributed by atoms with Crippen LogP contribution in [0.4, 0.5) is 9.18 Å². The molecule has 0 saturated heterocycles. The van der Waals surface area contributed by atoms with E-state index in [9.17, 15) is 9.18 Å². The van der Waals surface area contributed by atoms with E-state index >= 15 is 0 Å². The van der Waals surface area contributed by atoms with E-state index in [1.807, 2.05) is 0 Å². The molecule has 0 aliphatic carbocycles. The highest BCUT2D eigenvalue weighted by atomic mass is 19.1. The van der Waals surface area contributed by atoms with Crippen LogP contribution in [0.15, 0.2) is 24.3 Å². The van der Waals surface area contributed by atoms with E-state index < -0.39 is 6.16 Å². The quantitative estimate of drug-likeness (QED) is 0.660. The summed E-state index contributed by atoms with van der Waals surface area (Å²) < 4.78 is 21.3. The van der Waals surface area contributed by atoms with Gasteiger partial charge in [0.2, 0.25) is 0 Å². The van der Waals surface area contributed by atoms with Crippen molar-refractivity contribution in [3.8, 4) is 0 Å². The van der Waals surface area contributed by atoms with E-state index in [0.717, 1.165) is 0 Å². The average Bonchev–Trinajstić information content (AvgIpc) is 2.16. The summed E-state index contributed by atoms with van der Waals surface area (Å²) in [5.74, 6) is -0.318. The minimum absolute atomic E-state index is 0.0902. The van der Waals surface area contributed by atoms with Gasteiger partial charge in [-0.05, 0) is 17.7 Å². The molecule has 13 heavy (non-hydrogen) atoms. The predicted octanol–water partition coefficient (Wildman–Crippen LogP) is 2.11. The van der Waals surface area contributed by atoms with Gasteiger partial charge in [0.25, 0.3) is 0 Å². The molecular formula is C9H9FO3. The largest absolute Gasteiger partial charge is 0.508 e. The van der Waals surface area contributed by atoms with Crippen LogP contribution in [0.5, 0.6) is 0 Å². The topological polar surface area (TPSA) is 35.5 Å². The van der Waals surface area contributed by atoms with Crippen LogP contribution in [0.3, 0.4) is 0 Å². The summed E-state index contributed by atoms with van der Waals surface area (Å²) in [6, 6.07) is 5.68. The van der Waals surface area contributed by atoms with Crippen LogP contribution in [0, 0.1) is 5.82 Å². The Balaban J connectivity index is 2.46. The third kappa shape index (κ3) is 3.11. The van der Waals surface area contributed by atoms with E-state index in [-0.39, 0.29) is 12.4 Å². The number of ether oxygens (including phenoxy) is 2. The molecule has 0 spiro atoms. The molecule has 0 aliphatic heterocycles. The molecule has 3 nitrogen and oxygen atoms in total. The summed E-state index contributed by atoms with van der Waals surface area (Å²) in [5, 5.41) is 0. The maximum atomic E-state index is 12.4. The summed E-state index contributed by atoms with van der Waals surface area (Å²) in [6.45, 7) is 0.0902. The summed E-state index contributed by atoms with van der Waals surface area (Å²) in [6.07, 6.45) is -0.746. The first-order chi connectivity index (χ1) is 6.22. The first-order valence-corrected chi connectivity index (χ1v) is 3.67. The molecule has 0 N–H and O–H groups in total. The number of halogens is 1. The maximum absolute atomic E-state index is 12.4. The lowest BCUT2D eigenvalue weighted by Gasteiger charge is -2.02. The predicted molar refractivity (Wildman–Crippen MR) is 43.6 cm³/mol. The summed E-state index contributed by atoms with van der Waals surface area (Å²) in [4.78, 5) is 10.5. The molecule has 0 atom stereocenters. The smallest absolute Gasteiger partial charge is 0.438 e. The highest BCUT2D eigenvalue weighted by Gasteiger charge is 2.00. The Morgan fingerprint density at radius 2 is 2.00 bits per heavy atom. The van der Waals surface area contributed by atoms with Gasteiger partial charge in [0.15, 0.2) is 0 Å². The van der Waals surface area contributed by atoms with E-state index in [1.165, 1.54) is 31.4 Å². The van der Waals surface area contributed by atoms with E-state index in [1.54, 1.807) is 0 Å². The number of carbonyl (C=O) groups is 1. The highest BCUT2D eigenvalue weighted by molar-refractivity contribution is 5.59. The third-order valence-corrected chi connectivity index (χ3v) is 1.44. The third-order valence-electron chi connectivity index (χ3n) is 1.44. The Bertz CT molecular complexity index is 281. The van der Waals surface area contributed by atoms with E-state index in [0.29, 0.717) is 5.56 Å². The minimum atomic E-state index is -0.746. The van der Waals surface area contributed by atoms with Crippen LogP contribution >= 0.6 is 0 Å². The molecule has 70 valence electrons. The van der Waals surface area contributed by atoms with Gasteiger partial charge in [0, 0.05) is 0 Å². The highest BCUT2D eigenvalue weighted by Crippen LogP contribution is 2.04. The molecule has 0 amide bonds. The fourth-order valence-corrected chi connectivity index (χ4v) is 0.782. The van der Waals surface area contributed by atoms with Crippen molar-refractivity contribution in [3.05, 3.63) is 35.6 Å². The lowest BCUT2D eigenvalue weighted by atomic mass is 10.2. The Morgan fingerprint density at radius 3 is 2.54 bits per heavy atom. The summed E-state index contributed by atoms with van der Waals surface area (Å²) in [7, 11) is 1.23. The zero-order valence-electron chi connectivity index (χ0n) is 7.12. The minimum Gasteiger partial charge on any atom is -0.438 e. The number of benzene rings is 1. The Kier molecular flexibility index (Phi) is 3.25. The number of methoxy groups -OCH3 is 1. The fraction of sp³-hybridized carbons (Fsp3) is 0.222. The summed E-state index contributed by atoms with van der Waals surface area (Å²) in [5.41, 5.74) is 0.715. The van der Waals surface area contributed by atoms with Gasteiger partial charge in [-0.15, -0.1) is 0 Å². The molecule has 4 heteroatoms. The second kappa shape index (κ2) is 4.45. The van der Waals surface area contributed by atoms with Gasteiger partial charge in [0.1, 0.15) is 12.4 Å². The second-order valence-electron chi connectivity index (χ2n) is 2.37. The van der Waals surface area contributed by atoms with Crippen molar-refractivity contribution in [2.45, 2.75) is 6.61 Å². The van der Waals surface area contributed by atoms with Crippen molar-refractivity contribution in [1.82, 2.24) is 0 Å². The summed E-state index contributed by atoms with van der Waals surface area (Å²) >= 11 is 0. The molecule has 0 bridgehead atoms. The van der Waals surface area contributed by atoms with Crippen LogP contribution in [0.2, 0.25) is 0 Å². The first-order valence-electron chi connectivity index (χ1n) is 3.67. The molecule has 0 radical (unpaired) electrons. The normalized spacial score (nSPS) is 9.38. The number of rotatable bonds is 2. The SMILES string of the molecule is COC(=O)OCc1ccc(F)cc1. The van der Waals surface area contributed by atoms with Gasteiger partial charge < -0.3 is 9.47 Å². The average molecular weight is 184 g/mol. The number of hydrogen-bond acceptors (Lipinski definition) is 3. The molecule has 0 aliphatic rings. The Morgan fingerprint density at radius 1 is 1.38 bits per heavy atom. The van der Waals surface area contributed by atoms with E-state index in [2.05, 4.69) is 9.47 Å². The zero-order valence-corrected chi connectivity index (χ0v) is 7.12. The van der Waals surface area contributed by atoms with Crippen molar-refractivity contribution in [3.63, 3.8) is 0 Å². The lowest BCUT2D eigenvalue weighted by Crippen LogP contribution is -2.03. The van der Waals surface area contributed by atoms with Crippen molar-refractivity contribution in [1.29, 1.82) is 0 Å². The van der Waals surface area contributed by atoms with Crippen LogP contribution in [0.1, 0.15) is 5.56 Å². The van der Waals surface area contributed by atoms with Crippen molar-refractivity contribution in [2.24, 2.45) is 0 Å². The molecule has 1 rings (SSSR count). The van der Waals surface area contributed by atoms with Gasteiger partial charge in [0.05, 0.1) is 7.11 Å². The molecule has 0 aromatic heterocycles. The van der Waals surface area contributed by atoms with Gasteiger partial charge in [-0.2, -0.15) is 0 Å². The lowest BCUT2D eigenvalue weighted by molar-refractivity contribution is 0.0669. The van der Waals surface area contributed by atoms with Crippen molar-refractivity contribution < 1.29 is 18.7 Å². The maximum Gasteiger partial charge on any atom is 0.508 e. The standard InChI is InChI=1S/C9H9FO3/c1-12-9(11)13-6-7-2-4-8(10)5-3-7/h2-5H,6H2,1H3. The van der Waals surface area contributed by atoms with E-state index in [4.69, 9.17) is 0 Å². The van der Waals surface area contributed by atoms with Gasteiger partial charge in [-0.25, -0.2) is 9.18 Å². The van der Waals surface area contributed by atoms with Crippen LogP contribution in [-0.4, -0.2) is 13.3 Å². The molecule has 0 saturated carbocycles. The molecule has 0 heterocycles. The fourth-order valence-electron chi connectivity index (χ4n) is 0.782. The second-order valence-corrected chi connectivity index (χ2v) is 2.37. The van der Waals surface area contributed by atoms with Gasteiger partial charge in [-0.3, -0.25) is 0 Å². The van der Waals surface area contributed by atoms with Crippen LogP contribution in [-0.2, 0) is 16.1 Å². The van der Waals surface area contributed by atoms with Crippen LogP contribution in [0.25, 0.3) is 0 Å². The molecular weight excluding hydrogens is 175 g/mol. The van der Waals surface area contributed by atoms with Crippen LogP contribution < -0.4 is 0 Å². The molecule has 0 unspecified atom stereocenters. The van der Waals surface area contributed by atoms with Gasteiger partial charge in [-0.1, -0.05) is 12.1 Å². The van der Waals surface area contributed by atoms with Crippen molar-refractivity contribution in [2.75, 3.05) is 7.11 Å².